The summed E-state index contributed by atoms with van der Waals surface area (Å²) < 4.78 is 0. The third kappa shape index (κ3) is 3.34. The van der Waals surface area contributed by atoms with Gasteiger partial charge < -0.3 is 16.0 Å². The molecule has 0 saturated heterocycles. The summed E-state index contributed by atoms with van der Waals surface area (Å²) in [5.41, 5.74) is 8.59. The molecule has 3 aromatic carbocycles. The second kappa shape index (κ2) is 7.36. The lowest BCUT2D eigenvalue weighted by molar-refractivity contribution is 0.0946. The molecule has 1 amide bonds. The molecule has 1 aromatic heterocycles. The van der Waals surface area contributed by atoms with E-state index < -0.39 is 10.9 Å². The van der Waals surface area contributed by atoms with E-state index in [1.54, 1.807) is 12.3 Å². The van der Waals surface area contributed by atoms with Gasteiger partial charge in [-0.1, -0.05) is 42.5 Å². The fraction of sp³-hybridized carbons (Fsp3) is 0.167. The number of nitrogen functional groups attached to an aromatic ring is 1. The first kappa shape index (κ1) is 19.0. The van der Waals surface area contributed by atoms with E-state index in [0.29, 0.717) is 31.0 Å². The highest BCUT2D eigenvalue weighted by molar-refractivity contribution is 5.96. The van der Waals surface area contributed by atoms with Gasteiger partial charge in [0.1, 0.15) is 17.1 Å². The molecule has 3 N–H and O–H groups in total. The van der Waals surface area contributed by atoms with Crippen LogP contribution >= 0.6 is 0 Å². The van der Waals surface area contributed by atoms with Crippen molar-refractivity contribution in [1.29, 1.82) is 0 Å². The van der Waals surface area contributed by atoms with Crippen molar-refractivity contribution in [3.63, 3.8) is 0 Å². The molecule has 0 saturated carbocycles. The summed E-state index contributed by atoms with van der Waals surface area (Å²) in [5.74, 6) is -0.235. The lowest BCUT2D eigenvalue weighted by Crippen LogP contribution is -2.44. The van der Waals surface area contributed by atoms with Crippen molar-refractivity contribution >= 4 is 28.1 Å². The van der Waals surface area contributed by atoms with Gasteiger partial charge in [0.2, 0.25) is 0 Å². The minimum atomic E-state index is -0.598. The van der Waals surface area contributed by atoms with Gasteiger partial charge in [-0.3, -0.25) is 19.4 Å². The van der Waals surface area contributed by atoms with Crippen LogP contribution in [-0.4, -0.2) is 17.4 Å². The van der Waals surface area contributed by atoms with Crippen LogP contribution in [0.2, 0.25) is 0 Å². The summed E-state index contributed by atoms with van der Waals surface area (Å²) in [7, 11) is 0. The smallest absolute Gasteiger partial charge is 0.270 e. The van der Waals surface area contributed by atoms with E-state index in [1.807, 2.05) is 47.4 Å². The summed E-state index contributed by atoms with van der Waals surface area (Å²) in [6, 6.07) is 15.6. The first-order valence-corrected chi connectivity index (χ1v) is 10.1. The summed E-state index contributed by atoms with van der Waals surface area (Å²) >= 11 is 0. The van der Waals surface area contributed by atoms with Crippen molar-refractivity contribution in [3.8, 4) is 0 Å². The molecule has 0 atom stereocenters. The van der Waals surface area contributed by atoms with Crippen LogP contribution in [0.15, 0.2) is 64.3 Å². The highest BCUT2D eigenvalue weighted by Crippen LogP contribution is 2.26. The Bertz CT molecular complexity index is 1400. The molecule has 0 aliphatic carbocycles. The van der Waals surface area contributed by atoms with Gasteiger partial charge in [0.25, 0.3) is 16.8 Å². The van der Waals surface area contributed by atoms with Crippen LogP contribution in [0.3, 0.4) is 0 Å². The van der Waals surface area contributed by atoms with Gasteiger partial charge in [0, 0.05) is 31.2 Å². The summed E-state index contributed by atoms with van der Waals surface area (Å²) in [6.45, 7) is 1.52. The first-order valence-electron chi connectivity index (χ1n) is 10.1. The molecule has 31 heavy (non-hydrogen) atoms. The molecular formula is C24H20N4O3. The van der Waals surface area contributed by atoms with E-state index in [1.165, 1.54) is 5.56 Å². The second-order valence-corrected chi connectivity index (χ2v) is 7.79. The summed E-state index contributed by atoms with van der Waals surface area (Å²) in [6.07, 6.45) is 2.46. The van der Waals surface area contributed by atoms with E-state index >= 15 is 0 Å². The Morgan fingerprint density at radius 2 is 1.84 bits per heavy atom. The molecule has 7 heteroatoms. The molecule has 0 fully saturated rings. The van der Waals surface area contributed by atoms with Crippen molar-refractivity contribution in [1.82, 2.24) is 10.3 Å². The largest absolute Gasteiger partial charge is 0.394 e. The lowest BCUT2D eigenvalue weighted by Gasteiger charge is -2.32. The summed E-state index contributed by atoms with van der Waals surface area (Å²) in [5, 5.41) is 4.87. The molecular weight excluding hydrogens is 392 g/mol. The number of aromatic nitrogens is 1. The Morgan fingerprint density at radius 3 is 2.65 bits per heavy atom. The normalized spacial score (nSPS) is 13.4. The predicted octanol–water partition coefficient (Wildman–Crippen LogP) is 1.91. The molecule has 1 aliphatic rings. The van der Waals surface area contributed by atoms with Crippen LogP contribution in [0.25, 0.3) is 10.8 Å². The maximum atomic E-state index is 12.6. The molecule has 2 heterocycles. The molecule has 0 radical (unpaired) electrons. The van der Waals surface area contributed by atoms with Crippen LogP contribution in [0.5, 0.6) is 0 Å². The second-order valence-electron chi connectivity index (χ2n) is 7.79. The number of carbonyl (C=O) groups excluding carboxylic acids is 1. The average Bonchev–Trinajstić information content (AvgIpc) is 2.81. The third-order valence-corrected chi connectivity index (χ3v) is 5.84. The van der Waals surface area contributed by atoms with E-state index in [9.17, 15) is 14.4 Å². The summed E-state index contributed by atoms with van der Waals surface area (Å²) in [4.78, 5) is 42.0. The number of rotatable bonds is 4. The van der Waals surface area contributed by atoms with Crippen LogP contribution in [0.4, 0.5) is 11.4 Å². The molecule has 0 unspecified atom stereocenters. The van der Waals surface area contributed by atoms with Gasteiger partial charge in [0.05, 0.1) is 0 Å². The number of nitrogens with one attached hydrogen (secondary N) is 1. The zero-order valence-corrected chi connectivity index (χ0v) is 16.7. The molecule has 1 aliphatic heterocycles. The Balaban J connectivity index is 1.30. The number of benzene rings is 2. The number of pyridine rings is 1. The number of nitrogens with two attached hydrogens (primary N) is 1. The van der Waals surface area contributed by atoms with Gasteiger partial charge in [-0.2, -0.15) is 0 Å². The Kier molecular flexibility index (Phi) is 4.51. The minimum absolute atomic E-state index is 0.0553. The number of anilines is 2. The van der Waals surface area contributed by atoms with Gasteiger partial charge in [-0.05, 0) is 34.6 Å². The Hall–Kier alpha value is -4.00. The van der Waals surface area contributed by atoms with Crippen molar-refractivity contribution < 1.29 is 4.79 Å². The highest BCUT2D eigenvalue weighted by atomic mass is 16.2. The zero-order chi connectivity index (χ0) is 21.5. The SMILES string of the molecule is Nc1c(N2CCc3ccc(CNC(=O)c4cc5ccccc5cn4)cc3C2)c(=O)c1=O. The van der Waals surface area contributed by atoms with Crippen molar-refractivity contribution in [3.05, 3.63) is 97.6 Å². The standard InChI is InChI=1S/C24H20N4O3/c25-20-21(23(30)22(20)29)28-8-7-15-6-5-14(9-18(15)13-28)11-27-24(31)19-10-16-3-1-2-4-17(16)12-26-19/h1-6,9-10,12H,7-8,11,13,25H2,(H,27,31). The Morgan fingerprint density at radius 1 is 1.03 bits per heavy atom. The molecule has 7 nitrogen and oxygen atoms in total. The number of carbonyl (C=O) groups is 1. The number of hydrogen-bond acceptors (Lipinski definition) is 6. The van der Waals surface area contributed by atoms with Crippen molar-refractivity contribution in [2.75, 3.05) is 17.2 Å². The van der Waals surface area contributed by atoms with Gasteiger partial charge in [-0.25, -0.2) is 0 Å². The minimum Gasteiger partial charge on any atom is -0.394 e. The van der Waals surface area contributed by atoms with Crippen molar-refractivity contribution in [2.45, 2.75) is 19.5 Å². The third-order valence-electron chi connectivity index (χ3n) is 5.84. The van der Waals surface area contributed by atoms with Crippen molar-refractivity contribution in [2.24, 2.45) is 0 Å². The van der Waals surface area contributed by atoms with Crippen LogP contribution in [-0.2, 0) is 19.5 Å². The number of fused-ring (bicyclic) bond motifs is 2. The molecule has 0 bridgehead atoms. The topological polar surface area (TPSA) is 105 Å². The number of amides is 1. The quantitative estimate of drug-likeness (QED) is 0.496. The van der Waals surface area contributed by atoms with E-state index in [4.69, 9.17) is 5.73 Å². The predicted molar refractivity (Wildman–Crippen MR) is 120 cm³/mol. The van der Waals surface area contributed by atoms with Gasteiger partial charge in [-0.15, -0.1) is 0 Å². The molecule has 0 spiro atoms. The maximum Gasteiger partial charge on any atom is 0.270 e. The fourth-order valence-corrected chi connectivity index (χ4v) is 4.10. The molecule has 5 rings (SSSR count). The van der Waals surface area contributed by atoms with Crippen LogP contribution in [0.1, 0.15) is 27.2 Å². The lowest BCUT2D eigenvalue weighted by atomic mass is 9.96. The van der Waals surface area contributed by atoms with Gasteiger partial charge >= 0.3 is 0 Å². The van der Waals surface area contributed by atoms with E-state index in [0.717, 1.165) is 28.3 Å². The number of nitrogens with zero attached hydrogens (tertiary/aromatic N) is 2. The molecule has 154 valence electrons. The van der Waals surface area contributed by atoms with Crippen LogP contribution in [0, 0.1) is 0 Å². The van der Waals surface area contributed by atoms with E-state index in [-0.39, 0.29) is 11.6 Å². The van der Waals surface area contributed by atoms with Crippen LogP contribution < -0.4 is 26.8 Å². The zero-order valence-electron chi connectivity index (χ0n) is 16.7. The first-order chi connectivity index (χ1) is 15.0. The van der Waals surface area contributed by atoms with E-state index in [2.05, 4.69) is 10.3 Å². The number of hydrogen-bond donors (Lipinski definition) is 2. The maximum absolute atomic E-state index is 12.6. The fourth-order valence-electron chi connectivity index (χ4n) is 4.10. The highest BCUT2D eigenvalue weighted by Gasteiger charge is 2.26. The molecule has 4 aromatic rings. The monoisotopic (exact) mass is 412 g/mol. The average molecular weight is 412 g/mol. The Labute approximate surface area is 177 Å². The van der Waals surface area contributed by atoms with Gasteiger partial charge in [0.15, 0.2) is 0 Å².